The fraction of sp³-hybridized carbons (Fsp3) is 0.400. The lowest BCUT2D eigenvalue weighted by atomic mass is 9.94. The quantitative estimate of drug-likeness (QED) is 0.548. The molecule has 0 aromatic heterocycles. The van der Waals surface area contributed by atoms with E-state index in [1.54, 1.807) is 0 Å². The average Bonchev–Trinajstić information content (AvgIpc) is 2.59. The highest BCUT2D eigenvalue weighted by Crippen LogP contribution is 2.36. The smallest absolute Gasteiger partial charge is 0.352 e. The van der Waals surface area contributed by atoms with Crippen LogP contribution in [0.2, 0.25) is 5.02 Å². The second-order valence-corrected chi connectivity index (χ2v) is 7.35. The molecule has 0 bridgehead atoms. The lowest BCUT2D eigenvalue weighted by molar-refractivity contribution is -0.132. The third-order valence-electron chi connectivity index (χ3n) is 3.48. The Bertz CT molecular complexity index is 884. The van der Waals surface area contributed by atoms with E-state index in [-0.39, 0.29) is 40.6 Å². The van der Waals surface area contributed by atoms with Gasteiger partial charge >= 0.3 is 16.1 Å². The molecule has 1 aromatic carbocycles. The van der Waals surface area contributed by atoms with Crippen LogP contribution in [0, 0.1) is 5.82 Å². The van der Waals surface area contributed by atoms with Gasteiger partial charge < -0.3 is 9.47 Å². The fourth-order valence-corrected chi connectivity index (χ4v) is 2.84. The third-order valence-corrected chi connectivity index (χ3v) is 4.12. The van der Waals surface area contributed by atoms with Gasteiger partial charge in [-0.25, -0.2) is 9.18 Å². The van der Waals surface area contributed by atoms with E-state index < -0.39 is 27.9 Å². The molecule has 0 fully saturated rings. The standard InChI is InChI=1S/C15H16ClFN2O6S/c1-23-14-10(16)5-4-9(13(14)17)11-6-8(19-25-26(3,21)22)7-12(18-11)15(20)24-2/h4-5,11H,6-7H2,1-3H3/b19-8-. The molecule has 1 aliphatic heterocycles. The van der Waals surface area contributed by atoms with Crippen LogP contribution < -0.4 is 4.74 Å². The van der Waals surface area contributed by atoms with Crippen molar-refractivity contribution in [2.24, 2.45) is 10.1 Å². The largest absolute Gasteiger partial charge is 0.492 e. The number of halogens is 2. The van der Waals surface area contributed by atoms with E-state index in [1.165, 1.54) is 26.4 Å². The number of hydrogen-bond acceptors (Lipinski definition) is 8. The summed E-state index contributed by atoms with van der Waals surface area (Å²) in [6, 6.07) is 1.99. The van der Waals surface area contributed by atoms with Crippen LogP contribution in [0.1, 0.15) is 24.4 Å². The predicted octanol–water partition coefficient (Wildman–Crippen LogP) is 2.27. The first-order chi connectivity index (χ1) is 12.2. The summed E-state index contributed by atoms with van der Waals surface area (Å²) in [6.45, 7) is 0. The molecule has 1 atom stereocenters. The van der Waals surface area contributed by atoms with E-state index in [0.717, 1.165) is 6.26 Å². The van der Waals surface area contributed by atoms with Crippen molar-refractivity contribution in [2.75, 3.05) is 20.5 Å². The van der Waals surface area contributed by atoms with Gasteiger partial charge in [0.05, 0.1) is 37.3 Å². The second-order valence-electron chi connectivity index (χ2n) is 5.38. The van der Waals surface area contributed by atoms with Crippen LogP contribution in [0.3, 0.4) is 0 Å². The van der Waals surface area contributed by atoms with Gasteiger partial charge in [0, 0.05) is 18.4 Å². The Morgan fingerprint density at radius 3 is 2.65 bits per heavy atom. The molecule has 142 valence electrons. The molecule has 0 saturated heterocycles. The lowest BCUT2D eigenvalue weighted by Gasteiger charge is -2.22. The molecule has 1 heterocycles. The van der Waals surface area contributed by atoms with E-state index in [4.69, 9.17) is 16.3 Å². The Morgan fingerprint density at radius 2 is 2.08 bits per heavy atom. The molecule has 11 heteroatoms. The third kappa shape index (κ3) is 4.70. The van der Waals surface area contributed by atoms with Crippen molar-refractivity contribution >= 4 is 39.1 Å². The van der Waals surface area contributed by atoms with Gasteiger partial charge in [-0.15, -0.1) is 0 Å². The average molecular weight is 407 g/mol. The van der Waals surface area contributed by atoms with Crippen LogP contribution in [0.25, 0.3) is 0 Å². The Labute approximate surface area is 154 Å². The van der Waals surface area contributed by atoms with Crippen LogP contribution in [-0.2, 0) is 23.9 Å². The molecule has 0 amide bonds. The molecular formula is C15H16ClFN2O6S. The van der Waals surface area contributed by atoms with Crippen LogP contribution in [-0.4, -0.2) is 46.3 Å². The maximum atomic E-state index is 14.7. The zero-order chi connectivity index (χ0) is 19.5. The number of carbonyl (C=O) groups excluding carboxylic acids is 1. The molecule has 2 rings (SSSR count). The first-order valence-corrected chi connectivity index (χ1v) is 9.47. The van der Waals surface area contributed by atoms with Gasteiger partial charge in [0.2, 0.25) is 0 Å². The van der Waals surface area contributed by atoms with Gasteiger partial charge in [-0.2, -0.15) is 8.42 Å². The summed E-state index contributed by atoms with van der Waals surface area (Å²) in [7, 11) is -1.39. The van der Waals surface area contributed by atoms with Gasteiger partial charge in [-0.05, 0) is 6.07 Å². The number of carbonyl (C=O) groups is 1. The van der Waals surface area contributed by atoms with Crippen molar-refractivity contribution in [1.29, 1.82) is 0 Å². The normalized spacial score (nSPS) is 19.0. The second kappa shape index (κ2) is 8.00. The fourth-order valence-electron chi connectivity index (χ4n) is 2.37. The summed E-state index contributed by atoms with van der Waals surface area (Å²) in [6.07, 6.45) is 0.791. The molecule has 0 N–H and O–H groups in total. The number of methoxy groups -OCH3 is 2. The van der Waals surface area contributed by atoms with Crippen molar-refractivity contribution < 1.29 is 31.4 Å². The number of ether oxygens (including phenoxy) is 2. The number of benzene rings is 1. The van der Waals surface area contributed by atoms with Crippen LogP contribution >= 0.6 is 11.6 Å². The number of oxime groups is 1. The number of esters is 1. The van der Waals surface area contributed by atoms with Crippen LogP contribution in [0.15, 0.2) is 22.3 Å². The molecule has 0 aliphatic carbocycles. The first-order valence-electron chi connectivity index (χ1n) is 7.27. The summed E-state index contributed by atoms with van der Waals surface area (Å²) in [5, 5.41) is 3.63. The summed E-state index contributed by atoms with van der Waals surface area (Å²) in [4.78, 5) is 16.0. The molecule has 0 radical (unpaired) electrons. The van der Waals surface area contributed by atoms with Crippen LogP contribution in [0.4, 0.5) is 4.39 Å². The first kappa shape index (κ1) is 20.1. The van der Waals surface area contributed by atoms with Crippen molar-refractivity contribution in [2.45, 2.75) is 18.9 Å². The highest BCUT2D eigenvalue weighted by molar-refractivity contribution is 7.85. The SMILES string of the molecule is COC(=O)C1=NC(c2ccc(Cl)c(OC)c2F)C/C(=N/OS(C)(=O)=O)C1. The van der Waals surface area contributed by atoms with Crippen molar-refractivity contribution in [3.8, 4) is 5.75 Å². The molecule has 0 saturated carbocycles. The minimum atomic E-state index is -3.83. The Balaban J connectivity index is 2.47. The Hall–Kier alpha value is -2.20. The lowest BCUT2D eigenvalue weighted by Crippen LogP contribution is -2.27. The summed E-state index contributed by atoms with van der Waals surface area (Å²) in [5.41, 5.74) is 0.275. The van der Waals surface area contributed by atoms with Crippen molar-refractivity contribution in [3.05, 3.63) is 28.5 Å². The molecule has 0 spiro atoms. The van der Waals surface area contributed by atoms with Crippen molar-refractivity contribution in [3.63, 3.8) is 0 Å². The number of hydrogen-bond donors (Lipinski definition) is 0. The number of aliphatic imine (C=N–C) groups is 1. The highest BCUT2D eigenvalue weighted by Gasteiger charge is 2.29. The Kier molecular flexibility index (Phi) is 6.19. The van der Waals surface area contributed by atoms with E-state index in [2.05, 4.69) is 19.2 Å². The van der Waals surface area contributed by atoms with Crippen LogP contribution in [0.5, 0.6) is 5.75 Å². The zero-order valence-electron chi connectivity index (χ0n) is 14.2. The maximum Gasteiger partial charge on any atom is 0.352 e. The van der Waals surface area contributed by atoms with Gasteiger partial charge in [0.25, 0.3) is 0 Å². The Morgan fingerprint density at radius 1 is 1.38 bits per heavy atom. The van der Waals surface area contributed by atoms with E-state index in [9.17, 15) is 17.6 Å². The monoisotopic (exact) mass is 406 g/mol. The van der Waals surface area contributed by atoms with Gasteiger partial charge in [-0.1, -0.05) is 22.8 Å². The minimum absolute atomic E-state index is 0.0343. The van der Waals surface area contributed by atoms with Crippen molar-refractivity contribution in [1.82, 2.24) is 0 Å². The number of nitrogens with zero attached hydrogens (tertiary/aromatic N) is 2. The number of rotatable bonds is 5. The van der Waals surface area contributed by atoms with E-state index in [0.29, 0.717) is 0 Å². The van der Waals surface area contributed by atoms with Gasteiger partial charge in [0.15, 0.2) is 11.6 Å². The topological polar surface area (TPSA) is 104 Å². The minimum Gasteiger partial charge on any atom is -0.492 e. The van der Waals surface area contributed by atoms with E-state index >= 15 is 0 Å². The molecule has 1 aromatic rings. The highest BCUT2D eigenvalue weighted by atomic mass is 35.5. The van der Waals surface area contributed by atoms with Gasteiger partial charge in [-0.3, -0.25) is 9.28 Å². The molecule has 26 heavy (non-hydrogen) atoms. The maximum absolute atomic E-state index is 14.7. The summed E-state index contributed by atoms with van der Waals surface area (Å²) >= 11 is 5.89. The molecule has 8 nitrogen and oxygen atoms in total. The van der Waals surface area contributed by atoms with E-state index in [1.807, 2.05) is 0 Å². The summed E-state index contributed by atoms with van der Waals surface area (Å²) in [5.74, 6) is -1.62. The molecule has 1 unspecified atom stereocenters. The van der Waals surface area contributed by atoms with Gasteiger partial charge in [0.1, 0.15) is 5.71 Å². The zero-order valence-corrected chi connectivity index (χ0v) is 15.7. The molecular weight excluding hydrogens is 391 g/mol. The predicted molar refractivity (Wildman–Crippen MR) is 92.8 cm³/mol. The summed E-state index contributed by atoms with van der Waals surface area (Å²) < 4.78 is 50.9. The molecule has 1 aliphatic rings.